The fraction of sp³-hybridized carbons (Fsp3) is 0.500. The maximum absolute atomic E-state index is 12.2. The van der Waals surface area contributed by atoms with E-state index in [4.69, 9.17) is 5.11 Å². The highest BCUT2D eigenvalue weighted by Gasteiger charge is 2.24. The first-order valence-corrected chi connectivity index (χ1v) is 7.05. The highest BCUT2D eigenvalue weighted by Crippen LogP contribution is 2.16. The standard InChI is InChI=1S/C14H20BrNO2/c1-11(2)13(15)14(18)16(8-9-17)10-12-6-4-3-5-7-12/h3-7,11,13,17H,8-10H2,1-2H3. The van der Waals surface area contributed by atoms with E-state index in [-0.39, 0.29) is 23.3 Å². The second-order valence-electron chi connectivity index (χ2n) is 4.61. The molecule has 0 aromatic heterocycles. The Bertz CT molecular complexity index is 367. The minimum Gasteiger partial charge on any atom is -0.395 e. The van der Waals surface area contributed by atoms with Crippen LogP contribution in [0.2, 0.25) is 0 Å². The first kappa shape index (κ1) is 15.2. The average Bonchev–Trinajstić information content (AvgIpc) is 2.37. The molecule has 3 nitrogen and oxygen atoms in total. The van der Waals surface area contributed by atoms with Crippen molar-refractivity contribution in [3.8, 4) is 0 Å². The molecule has 18 heavy (non-hydrogen) atoms. The third-order valence-electron chi connectivity index (χ3n) is 2.72. The molecule has 0 saturated carbocycles. The summed E-state index contributed by atoms with van der Waals surface area (Å²) in [5.74, 6) is 0.261. The first-order valence-electron chi connectivity index (χ1n) is 6.14. The topological polar surface area (TPSA) is 40.5 Å². The van der Waals surface area contributed by atoms with Crippen molar-refractivity contribution in [2.24, 2.45) is 5.92 Å². The summed E-state index contributed by atoms with van der Waals surface area (Å²) in [4.78, 5) is 13.7. The molecule has 1 aromatic carbocycles. The lowest BCUT2D eigenvalue weighted by atomic mass is 10.1. The van der Waals surface area contributed by atoms with Gasteiger partial charge in [0, 0.05) is 13.1 Å². The molecule has 0 aliphatic rings. The molecule has 0 spiro atoms. The number of halogens is 1. The van der Waals surface area contributed by atoms with E-state index < -0.39 is 0 Å². The Morgan fingerprint density at radius 3 is 2.44 bits per heavy atom. The van der Waals surface area contributed by atoms with Gasteiger partial charge in [0.1, 0.15) is 0 Å². The average molecular weight is 314 g/mol. The number of aliphatic hydroxyl groups excluding tert-OH is 1. The number of benzene rings is 1. The molecule has 100 valence electrons. The van der Waals surface area contributed by atoms with Crippen molar-refractivity contribution in [3.63, 3.8) is 0 Å². The lowest BCUT2D eigenvalue weighted by Crippen LogP contribution is -2.39. The van der Waals surface area contributed by atoms with Crippen LogP contribution < -0.4 is 0 Å². The maximum atomic E-state index is 12.2. The van der Waals surface area contributed by atoms with Crippen molar-refractivity contribution < 1.29 is 9.90 Å². The van der Waals surface area contributed by atoms with Crippen LogP contribution in [-0.4, -0.2) is 33.9 Å². The molecule has 0 saturated heterocycles. The monoisotopic (exact) mass is 313 g/mol. The predicted octanol–water partition coefficient (Wildman–Crippen LogP) is 2.43. The number of rotatable bonds is 6. The molecule has 0 aliphatic carbocycles. The van der Waals surface area contributed by atoms with Gasteiger partial charge in [-0.15, -0.1) is 0 Å². The van der Waals surface area contributed by atoms with Crippen LogP contribution >= 0.6 is 15.9 Å². The zero-order valence-corrected chi connectivity index (χ0v) is 12.4. The van der Waals surface area contributed by atoms with E-state index >= 15 is 0 Å². The van der Waals surface area contributed by atoms with Crippen molar-refractivity contribution in [3.05, 3.63) is 35.9 Å². The fourth-order valence-electron chi connectivity index (χ4n) is 1.65. The summed E-state index contributed by atoms with van der Waals surface area (Å²) in [7, 11) is 0. The van der Waals surface area contributed by atoms with Gasteiger partial charge in [0.15, 0.2) is 0 Å². The molecular formula is C14H20BrNO2. The van der Waals surface area contributed by atoms with Crippen LogP contribution in [0, 0.1) is 5.92 Å². The zero-order chi connectivity index (χ0) is 13.5. The van der Waals surface area contributed by atoms with Crippen molar-refractivity contribution in [1.29, 1.82) is 0 Å². The lowest BCUT2D eigenvalue weighted by molar-refractivity contribution is -0.132. The van der Waals surface area contributed by atoms with Gasteiger partial charge in [0.25, 0.3) is 0 Å². The Labute approximate surface area is 117 Å². The van der Waals surface area contributed by atoms with Crippen molar-refractivity contribution in [2.45, 2.75) is 25.2 Å². The minimum atomic E-state index is -0.201. The number of hydrogen-bond acceptors (Lipinski definition) is 2. The van der Waals surface area contributed by atoms with E-state index in [0.29, 0.717) is 13.1 Å². The maximum Gasteiger partial charge on any atom is 0.236 e. The summed E-state index contributed by atoms with van der Waals surface area (Å²) in [5.41, 5.74) is 1.07. The third kappa shape index (κ3) is 4.42. The van der Waals surface area contributed by atoms with Gasteiger partial charge in [-0.05, 0) is 11.5 Å². The molecule has 0 heterocycles. The summed E-state index contributed by atoms with van der Waals surface area (Å²) >= 11 is 3.42. The van der Waals surface area contributed by atoms with Gasteiger partial charge in [-0.25, -0.2) is 0 Å². The molecular weight excluding hydrogens is 294 g/mol. The van der Waals surface area contributed by atoms with Crippen molar-refractivity contribution >= 4 is 21.8 Å². The molecule has 1 rings (SSSR count). The minimum absolute atomic E-state index is 0.0175. The third-order valence-corrected chi connectivity index (χ3v) is 4.17. The lowest BCUT2D eigenvalue weighted by Gasteiger charge is -2.26. The van der Waals surface area contributed by atoms with E-state index in [1.54, 1.807) is 4.90 Å². The number of amides is 1. The van der Waals surface area contributed by atoms with E-state index in [1.165, 1.54) is 0 Å². The van der Waals surface area contributed by atoms with Crippen LogP contribution in [0.1, 0.15) is 19.4 Å². The van der Waals surface area contributed by atoms with Gasteiger partial charge in [-0.3, -0.25) is 4.79 Å². The number of carbonyl (C=O) groups is 1. The van der Waals surface area contributed by atoms with E-state index in [9.17, 15) is 4.79 Å². The Hall–Kier alpha value is -0.870. The second kappa shape index (κ2) is 7.54. The highest BCUT2D eigenvalue weighted by molar-refractivity contribution is 9.10. The molecule has 1 atom stereocenters. The van der Waals surface area contributed by atoms with Gasteiger partial charge >= 0.3 is 0 Å². The first-order chi connectivity index (χ1) is 8.56. The normalized spacial score (nSPS) is 12.5. The van der Waals surface area contributed by atoms with Gasteiger partial charge in [-0.1, -0.05) is 60.1 Å². The number of hydrogen-bond donors (Lipinski definition) is 1. The smallest absolute Gasteiger partial charge is 0.236 e. The van der Waals surface area contributed by atoms with E-state index in [1.807, 2.05) is 44.2 Å². The van der Waals surface area contributed by atoms with Crippen LogP contribution in [0.4, 0.5) is 0 Å². The number of carbonyl (C=O) groups excluding carboxylic acids is 1. The SMILES string of the molecule is CC(C)C(Br)C(=O)N(CCO)Cc1ccccc1. The Kier molecular flexibility index (Phi) is 6.36. The van der Waals surface area contributed by atoms with Gasteiger partial charge in [0.05, 0.1) is 11.4 Å². The number of aliphatic hydroxyl groups is 1. The Balaban J connectivity index is 2.73. The van der Waals surface area contributed by atoms with E-state index in [0.717, 1.165) is 5.56 Å². The van der Waals surface area contributed by atoms with Crippen LogP contribution in [0.15, 0.2) is 30.3 Å². The zero-order valence-electron chi connectivity index (χ0n) is 10.8. The summed E-state index contributed by atoms with van der Waals surface area (Å²) < 4.78 is 0. The second-order valence-corrected chi connectivity index (χ2v) is 5.60. The molecule has 0 radical (unpaired) electrons. The Morgan fingerprint density at radius 2 is 1.94 bits per heavy atom. The van der Waals surface area contributed by atoms with Crippen LogP contribution in [0.25, 0.3) is 0 Å². The van der Waals surface area contributed by atoms with Gasteiger partial charge < -0.3 is 10.0 Å². The summed E-state index contributed by atoms with van der Waals surface area (Å²) in [6.45, 7) is 4.88. The van der Waals surface area contributed by atoms with Crippen molar-refractivity contribution in [2.75, 3.05) is 13.2 Å². The molecule has 4 heteroatoms. The van der Waals surface area contributed by atoms with E-state index in [2.05, 4.69) is 15.9 Å². The molecule has 1 unspecified atom stereocenters. The number of nitrogens with zero attached hydrogens (tertiary/aromatic N) is 1. The van der Waals surface area contributed by atoms with Gasteiger partial charge in [0.2, 0.25) is 5.91 Å². The molecule has 0 fully saturated rings. The number of alkyl halides is 1. The molecule has 0 bridgehead atoms. The molecule has 1 aromatic rings. The molecule has 1 N–H and O–H groups in total. The predicted molar refractivity (Wildman–Crippen MR) is 76.5 cm³/mol. The fourth-order valence-corrected chi connectivity index (χ4v) is 1.94. The van der Waals surface area contributed by atoms with Gasteiger partial charge in [-0.2, -0.15) is 0 Å². The van der Waals surface area contributed by atoms with Crippen molar-refractivity contribution in [1.82, 2.24) is 4.90 Å². The quantitative estimate of drug-likeness (QED) is 0.819. The molecule has 0 aliphatic heterocycles. The largest absolute Gasteiger partial charge is 0.395 e. The van der Waals surface area contributed by atoms with Crippen LogP contribution in [-0.2, 0) is 11.3 Å². The Morgan fingerprint density at radius 1 is 1.33 bits per heavy atom. The summed E-state index contributed by atoms with van der Waals surface area (Å²) in [5, 5.41) is 9.07. The summed E-state index contributed by atoms with van der Waals surface area (Å²) in [6.07, 6.45) is 0. The van der Waals surface area contributed by atoms with Crippen LogP contribution in [0.3, 0.4) is 0 Å². The summed E-state index contributed by atoms with van der Waals surface area (Å²) in [6, 6.07) is 9.81. The highest BCUT2D eigenvalue weighted by atomic mass is 79.9. The molecule has 1 amide bonds. The van der Waals surface area contributed by atoms with Crippen LogP contribution in [0.5, 0.6) is 0 Å².